The number of piperidine rings is 1. The lowest BCUT2D eigenvalue weighted by Gasteiger charge is -2.32. The van der Waals surface area contributed by atoms with Crippen LogP contribution in [-0.4, -0.2) is 64.2 Å². The van der Waals surface area contributed by atoms with Gasteiger partial charge in [0.1, 0.15) is 0 Å². The first-order chi connectivity index (χ1) is 13.8. The highest BCUT2D eigenvalue weighted by Crippen LogP contribution is 2.12. The van der Waals surface area contributed by atoms with Crippen molar-refractivity contribution in [3.63, 3.8) is 0 Å². The van der Waals surface area contributed by atoms with Gasteiger partial charge in [0, 0.05) is 32.2 Å². The smallest absolute Gasteiger partial charge is 0.409 e. The van der Waals surface area contributed by atoms with E-state index in [1.165, 1.54) is 12.1 Å². The molecule has 11 heteroatoms. The molecule has 9 nitrogen and oxygen atoms in total. The number of nitrogens with one attached hydrogen (secondary N) is 2. The van der Waals surface area contributed by atoms with Gasteiger partial charge in [0.25, 0.3) is 0 Å². The highest BCUT2D eigenvalue weighted by atomic mass is 127. The van der Waals surface area contributed by atoms with E-state index in [1.807, 2.05) is 6.92 Å². The Bertz CT molecular complexity index is 794. The van der Waals surface area contributed by atoms with Crippen LogP contribution in [0.2, 0.25) is 0 Å². The van der Waals surface area contributed by atoms with Crippen LogP contribution in [0, 0.1) is 0 Å². The van der Waals surface area contributed by atoms with Crippen LogP contribution >= 0.6 is 24.0 Å². The van der Waals surface area contributed by atoms with Crippen molar-refractivity contribution in [2.75, 3.05) is 32.8 Å². The number of hydrogen-bond donors (Lipinski definition) is 3. The molecule has 30 heavy (non-hydrogen) atoms. The number of aliphatic imine (C=N–C) groups is 1. The second kappa shape index (κ2) is 13.0. The number of hydrogen-bond acceptors (Lipinski definition) is 5. The third-order valence-electron chi connectivity index (χ3n) is 4.63. The number of nitrogens with two attached hydrogens (primary N) is 1. The number of halogens is 1. The molecule has 0 bridgehead atoms. The maximum atomic E-state index is 11.8. The summed E-state index contributed by atoms with van der Waals surface area (Å²) in [6.07, 6.45) is 2.10. The maximum absolute atomic E-state index is 11.8. The van der Waals surface area contributed by atoms with Gasteiger partial charge in [-0.25, -0.2) is 18.4 Å². The van der Waals surface area contributed by atoms with E-state index < -0.39 is 10.0 Å². The third-order valence-corrected chi connectivity index (χ3v) is 5.56. The zero-order valence-corrected chi connectivity index (χ0v) is 20.6. The van der Waals surface area contributed by atoms with Gasteiger partial charge >= 0.3 is 6.09 Å². The molecule has 0 aliphatic carbocycles. The quantitative estimate of drug-likeness (QED) is 0.268. The van der Waals surface area contributed by atoms with Gasteiger partial charge in [0.05, 0.1) is 11.5 Å². The highest BCUT2D eigenvalue weighted by molar-refractivity contribution is 14.0. The summed E-state index contributed by atoms with van der Waals surface area (Å²) in [6, 6.07) is 6.76. The number of likely N-dealkylation sites (tertiary alicyclic amines) is 1. The molecule has 1 fully saturated rings. The van der Waals surface area contributed by atoms with Crippen LogP contribution in [0.4, 0.5) is 4.79 Å². The van der Waals surface area contributed by atoms with Gasteiger partial charge < -0.3 is 20.3 Å². The highest BCUT2D eigenvalue weighted by Gasteiger charge is 2.24. The van der Waals surface area contributed by atoms with E-state index in [2.05, 4.69) is 15.6 Å². The zero-order chi connectivity index (χ0) is 21.3. The lowest BCUT2D eigenvalue weighted by molar-refractivity contribution is 0.0963. The minimum atomic E-state index is -3.67. The topological polar surface area (TPSA) is 126 Å². The van der Waals surface area contributed by atoms with Gasteiger partial charge in [-0.15, -0.1) is 24.0 Å². The van der Waals surface area contributed by atoms with E-state index >= 15 is 0 Å². The molecular formula is C19H32IN5O4S. The van der Waals surface area contributed by atoms with Gasteiger partial charge in [0.15, 0.2) is 5.96 Å². The predicted octanol–water partition coefficient (Wildman–Crippen LogP) is 1.67. The van der Waals surface area contributed by atoms with Crippen LogP contribution in [0.3, 0.4) is 0 Å². The molecule has 2 rings (SSSR count). The summed E-state index contributed by atoms with van der Waals surface area (Å²) in [6.45, 7) is 6.83. The molecule has 0 atom stereocenters. The first kappa shape index (κ1) is 26.4. The van der Waals surface area contributed by atoms with Crippen LogP contribution < -0.4 is 15.8 Å². The summed E-state index contributed by atoms with van der Waals surface area (Å²) in [4.78, 5) is 18.2. The Morgan fingerprint density at radius 3 is 2.40 bits per heavy atom. The van der Waals surface area contributed by atoms with Gasteiger partial charge in [-0.05, 0) is 50.8 Å². The van der Waals surface area contributed by atoms with Crippen molar-refractivity contribution in [3.8, 4) is 0 Å². The molecule has 1 aromatic rings. The summed E-state index contributed by atoms with van der Waals surface area (Å²) < 4.78 is 27.7. The molecule has 1 aromatic carbocycles. The number of benzene rings is 1. The molecule has 1 aliphatic heterocycles. The first-order valence-electron chi connectivity index (χ1n) is 9.91. The number of sulfonamides is 1. The van der Waals surface area contributed by atoms with E-state index in [9.17, 15) is 13.2 Å². The van der Waals surface area contributed by atoms with Crippen molar-refractivity contribution < 1.29 is 17.9 Å². The molecule has 0 aromatic heterocycles. The zero-order valence-electron chi connectivity index (χ0n) is 17.5. The summed E-state index contributed by atoms with van der Waals surface area (Å²) >= 11 is 0. The molecule has 0 unspecified atom stereocenters. The SMILES string of the molecule is CCNC(=NCCc1ccc(S(N)(=O)=O)cc1)NC1CCN(C(=O)OCC)CC1.I. The molecule has 0 radical (unpaired) electrons. The molecule has 170 valence electrons. The minimum absolute atomic E-state index is 0. The molecule has 1 aliphatic rings. The van der Waals surface area contributed by atoms with Crippen LogP contribution in [0.15, 0.2) is 34.2 Å². The van der Waals surface area contributed by atoms with Crippen LogP contribution in [0.25, 0.3) is 0 Å². The summed E-state index contributed by atoms with van der Waals surface area (Å²) in [5.41, 5.74) is 0.986. The Morgan fingerprint density at radius 1 is 1.23 bits per heavy atom. The van der Waals surface area contributed by atoms with Crippen LogP contribution in [0.5, 0.6) is 0 Å². The number of carbonyl (C=O) groups is 1. The number of primary sulfonamides is 1. The van der Waals surface area contributed by atoms with Crippen molar-refractivity contribution in [2.24, 2.45) is 10.1 Å². The van der Waals surface area contributed by atoms with E-state index in [-0.39, 0.29) is 41.0 Å². The first-order valence-corrected chi connectivity index (χ1v) is 11.5. The van der Waals surface area contributed by atoms with Crippen LogP contribution in [-0.2, 0) is 21.2 Å². The number of nitrogens with zero attached hydrogens (tertiary/aromatic N) is 2. The molecule has 1 amide bonds. The largest absolute Gasteiger partial charge is 0.450 e. The standard InChI is InChI=1S/C19H31N5O4S.HI/c1-3-21-18(23-16-10-13-24(14-11-16)19(25)28-4-2)22-12-9-15-5-7-17(8-6-15)29(20,26)27;/h5-8,16H,3-4,9-14H2,1-2H3,(H2,20,26,27)(H2,21,22,23);1H. The van der Waals surface area contributed by atoms with Crippen molar-refractivity contribution in [3.05, 3.63) is 29.8 Å². The lowest BCUT2D eigenvalue weighted by atomic mass is 10.1. The van der Waals surface area contributed by atoms with E-state index in [1.54, 1.807) is 24.0 Å². The van der Waals surface area contributed by atoms with Crippen LogP contribution in [0.1, 0.15) is 32.3 Å². The van der Waals surface area contributed by atoms with Gasteiger partial charge in [-0.1, -0.05) is 12.1 Å². The Hall–Kier alpha value is -1.60. The minimum Gasteiger partial charge on any atom is -0.450 e. The molecular weight excluding hydrogens is 521 g/mol. The van der Waals surface area contributed by atoms with E-state index in [0.717, 1.165) is 30.9 Å². The Labute approximate surface area is 195 Å². The van der Waals surface area contributed by atoms with Gasteiger partial charge in [-0.3, -0.25) is 4.99 Å². The number of guanidine groups is 1. The summed E-state index contributed by atoms with van der Waals surface area (Å²) in [7, 11) is -3.67. The Kier molecular flexibility index (Phi) is 11.4. The Balaban J connectivity index is 0.00000450. The summed E-state index contributed by atoms with van der Waals surface area (Å²) in [5.74, 6) is 0.739. The molecule has 4 N–H and O–H groups in total. The number of ether oxygens (including phenoxy) is 1. The van der Waals surface area contributed by atoms with E-state index in [0.29, 0.717) is 32.7 Å². The van der Waals surface area contributed by atoms with E-state index in [4.69, 9.17) is 9.88 Å². The fraction of sp³-hybridized carbons (Fsp3) is 0.579. The van der Waals surface area contributed by atoms with Crippen molar-refractivity contribution in [1.82, 2.24) is 15.5 Å². The predicted molar refractivity (Wildman–Crippen MR) is 128 cm³/mol. The molecule has 1 saturated heterocycles. The molecule has 0 spiro atoms. The average Bonchev–Trinajstić information content (AvgIpc) is 2.68. The lowest BCUT2D eigenvalue weighted by Crippen LogP contribution is -2.50. The summed E-state index contributed by atoms with van der Waals surface area (Å²) in [5, 5.41) is 11.8. The number of rotatable bonds is 7. The average molecular weight is 553 g/mol. The van der Waals surface area contributed by atoms with Crippen molar-refractivity contribution in [1.29, 1.82) is 0 Å². The fourth-order valence-electron chi connectivity index (χ4n) is 3.08. The normalized spacial score (nSPS) is 15.3. The second-order valence-corrected chi connectivity index (χ2v) is 8.37. The number of carbonyl (C=O) groups excluding carboxylic acids is 1. The maximum Gasteiger partial charge on any atom is 0.409 e. The Morgan fingerprint density at radius 2 is 1.87 bits per heavy atom. The van der Waals surface area contributed by atoms with Gasteiger partial charge in [-0.2, -0.15) is 0 Å². The second-order valence-electron chi connectivity index (χ2n) is 6.80. The van der Waals surface area contributed by atoms with Crippen molar-refractivity contribution in [2.45, 2.75) is 44.0 Å². The molecule has 0 saturated carbocycles. The fourth-order valence-corrected chi connectivity index (χ4v) is 3.59. The third kappa shape index (κ3) is 8.64. The monoisotopic (exact) mass is 553 g/mol. The molecule has 1 heterocycles. The van der Waals surface area contributed by atoms with Crippen molar-refractivity contribution >= 4 is 46.1 Å². The van der Waals surface area contributed by atoms with Gasteiger partial charge in [0.2, 0.25) is 10.0 Å². The number of amides is 1.